The SMILES string of the molecule is CNc1cc(NC(C)(C)CCO)nc(C(C)C)n1. The van der Waals surface area contributed by atoms with E-state index in [9.17, 15) is 0 Å². The molecule has 1 aromatic heterocycles. The molecule has 0 bridgehead atoms. The van der Waals surface area contributed by atoms with Gasteiger partial charge in [0.15, 0.2) is 0 Å². The molecule has 102 valence electrons. The van der Waals surface area contributed by atoms with Crippen molar-refractivity contribution in [2.24, 2.45) is 0 Å². The molecule has 5 heteroatoms. The fourth-order valence-corrected chi connectivity index (χ4v) is 1.60. The number of aromatic nitrogens is 2. The van der Waals surface area contributed by atoms with E-state index in [1.54, 1.807) is 0 Å². The number of aliphatic hydroxyl groups is 1. The number of nitrogens with zero attached hydrogens (tertiary/aromatic N) is 2. The van der Waals surface area contributed by atoms with E-state index in [1.807, 2.05) is 27.0 Å². The first kappa shape index (κ1) is 14.7. The van der Waals surface area contributed by atoms with Crippen molar-refractivity contribution in [1.29, 1.82) is 0 Å². The second-order valence-corrected chi connectivity index (χ2v) is 5.38. The number of hydrogen-bond acceptors (Lipinski definition) is 5. The van der Waals surface area contributed by atoms with Gasteiger partial charge < -0.3 is 15.7 Å². The maximum absolute atomic E-state index is 9.04. The minimum absolute atomic E-state index is 0.154. The molecule has 5 nitrogen and oxygen atoms in total. The van der Waals surface area contributed by atoms with Crippen molar-refractivity contribution < 1.29 is 5.11 Å². The lowest BCUT2D eigenvalue weighted by molar-refractivity contribution is 0.260. The number of rotatable bonds is 6. The van der Waals surface area contributed by atoms with E-state index in [0.717, 1.165) is 17.5 Å². The average Bonchev–Trinajstić information content (AvgIpc) is 2.27. The van der Waals surface area contributed by atoms with Gasteiger partial charge in [0, 0.05) is 31.2 Å². The molecule has 0 aliphatic rings. The van der Waals surface area contributed by atoms with Crippen molar-refractivity contribution in [2.75, 3.05) is 24.3 Å². The lowest BCUT2D eigenvalue weighted by Gasteiger charge is -2.26. The van der Waals surface area contributed by atoms with Gasteiger partial charge in [-0.05, 0) is 20.3 Å². The summed E-state index contributed by atoms with van der Waals surface area (Å²) in [5.74, 6) is 2.68. The van der Waals surface area contributed by atoms with Gasteiger partial charge in [0.1, 0.15) is 17.5 Å². The van der Waals surface area contributed by atoms with Gasteiger partial charge >= 0.3 is 0 Å². The fraction of sp³-hybridized carbons (Fsp3) is 0.692. The van der Waals surface area contributed by atoms with Gasteiger partial charge in [-0.2, -0.15) is 0 Å². The highest BCUT2D eigenvalue weighted by Crippen LogP contribution is 2.21. The minimum Gasteiger partial charge on any atom is -0.396 e. The topological polar surface area (TPSA) is 70.1 Å². The highest BCUT2D eigenvalue weighted by molar-refractivity contribution is 5.48. The van der Waals surface area contributed by atoms with Crippen LogP contribution in [0.25, 0.3) is 0 Å². The summed E-state index contributed by atoms with van der Waals surface area (Å²) in [4.78, 5) is 8.92. The second kappa shape index (κ2) is 6.00. The molecule has 0 atom stereocenters. The molecule has 0 aromatic carbocycles. The van der Waals surface area contributed by atoms with Crippen molar-refractivity contribution >= 4 is 11.6 Å². The molecule has 3 N–H and O–H groups in total. The third-order valence-electron chi connectivity index (χ3n) is 2.72. The Morgan fingerprint density at radius 1 is 1.28 bits per heavy atom. The lowest BCUT2D eigenvalue weighted by Crippen LogP contribution is -2.32. The van der Waals surface area contributed by atoms with Crippen molar-refractivity contribution in [3.8, 4) is 0 Å². The molecule has 0 radical (unpaired) electrons. The van der Waals surface area contributed by atoms with E-state index in [2.05, 4.69) is 34.4 Å². The largest absolute Gasteiger partial charge is 0.396 e. The Balaban J connectivity index is 2.97. The fourth-order valence-electron chi connectivity index (χ4n) is 1.60. The summed E-state index contributed by atoms with van der Waals surface area (Å²) in [5, 5.41) is 15.4. The molecule has 0 saturated heterocycles. The average molecular weight is 252 g/mol. The van der Waals surface area contributed by atoms with Gasteiger partial charge in [-0.3, -0.25) is 0 Å². The van der Waals surface area contributed by atoms with E-state index >= 15 is 0 Å². The molecule has 1 rings (SSSR count). The molecule has 1 aromatic rings. The van der Waals surface area contributed by atoms with Crippen LogP contribution in [-0.4, -0.2) is 34.3 Å². The van der Waals surface area contributed by atoms with Gasteiger partial charge in [-0.1, -0.05) is 13.8 Å². The van der Waals surface area contributed by atoms with Crippen LogP contribution < -0.4 is 10.6 Å². The Bertz CT molecular complexity index is 391. The third kappa shape index (κ3) is 4.14. The van der Waals surface area contributed by atoms with Gasteiger partial charge in [0.2, 0.25) is 0 Å². The van der Waals surface area contributed by atoms with Gasteiger partial charge in [0.05, 0.1) is 0 Å². The molecule has 0 unspecified atom stereocenters. The lowest BCUT2D eigenvalue weighted by atomic mass is 10.0. The standard InChI is InChI=1S/C13H24N4O/c1-9(2)12-15-10(14-5)8-11(16-12)17-13(3,4)6-7-18/h8-9,18H,6-7H2,1-5H3,(H2,14,15,16,17). The van der Waals surface area contributed by atoms with Crippen molar-refractivity contribution in [3.63, 3.8) is 0 Å². The van der Waals surface area contributed by atoms with Crippen LogP contribution in [0.5, 0.6) is 0 Å². The van der Waals surface area contributed by atoms with Crippen LogP contribution >= 0.6 is 0 Å². The van der Waals surface area contributed by atoms with Crippen molar-refractivity contribution in [3.05, 3.63) is 11.9 Å². The molecule has 0 aliphatic heterocycles. The summed E-state index contributed by atoms with van der Waals surface area (Å²) in [6.45, 7) is 8.37. The Labute approximate surface area is 109 Å². The van der Waals surface area contributed by atoms with Crippen LogP contribution in [0.2, 0.25) is 0 Å². The molecule has 18 heavy (non-hydrogen) atoms. The van der Waals surface area contributed by atoms with Crippen LogP contribution in [0.4, 0.5) is 11.6 Å². The Hall–Kier alpha value is -1.36. The molecular weight excluding hydrogens is 228 g/mol. The van der Waals surface area contributed by atoms with Crippen LogP contribution in [-0.2, 0) is 0 Å². The predicted octanol–water partition coefficient (Wildman–Crippen LogP) is 2.21. The first-order valence-electron chi connectivity index (χ1n) is 6.33. The van der Waals surface area contributed by atoms with E-state index in [-0.39, 0.29) is 18.1 Å². The van der Waals surface area contributed by atoms with Gasteiger partial charge in [0.25, 0.3) is 0 Å². The quantitative estimate of drug-likeness (QED) is 0.724. The Morgan fingerprint density at radius 2 is 1.89 bits per heavy atom. The van der Waals surface area contributed by atoms with Crippen molar-refractivity contribution in [1.82, 2.24) is 9.97 Å². The Morgan fingerprint density at radius 3 is 2.39 bits per heavy atom. The summed E-state index contributed by atoms with van der Waals surface area (Å²) < 4.78 is 0. The summed E-state index contributed by atoms with van der Waals surface area (Å²) in [6.07, 6.45) is 0.670. The molecule has 0 fully saturated rings. The van der Waals surface area contributed by atoms with E-state index in [4.69, 9.17) is 5.11 Å². The molecule has 0 amide bonds. The van der Waals surface area contributed by atoms with Crippen LogP contribution in [0.15, 0.2) is 6.07 Å². The zero-order valence-electron chi connectivity index (χ0n) is 11.9. The number of anilines is 2. The number of nitrogens with one attached hydrogen (secondary N) is 2. The van der Waals surface area contributed by atoms with Crippen LogP contribution in [0.3, 0.4) is 0 Å². The van der Waals surface area contributed by atoms with Crippen LogP contribution in [0.1, 0.15) is 45.9 Å². The summed E-state index contributed by atoms with van der Waals surface area (Å²) >= 11 is 0. The van der Waals surface area contributed by atoms with E-state index in [1.165, 1.54) is 0 Å². The summed E-state index contributed by atoms with van der Waals surface area (Å²) in [7, 11) is 1.84. The van der Waals surface area contributed by atoms with Crippen LogP contribution in [0, 0.1) is 0 Å². The van der Waals surface area contributed by atoms with Gasteiger partial charge in [-0.15, -0.1) is 0 Å². The molecule has 1 heterocycles. The minimum atomic E-state index is -0.192. The predicted molar refractivity (Wildman–Crippen MR) is 75.1 cm³/mol. The number of aliphatic hydroxyl groups excluding tert-OH is 1. The normalized spacial score (nSPS) is 11.7. The monoisotopic (exact) mass is 252 g/mol. The second-order valence-electron chi connectivity index (χ2n) is 5.38. The maximum atomic E-state index is 9.04. The molecule has 0 saturated carbocycles. The zero-order chi connectivity index (χ0) is 13.8. The van der Waals surface area contributed by atoms with Gasteiger partial charge in [-0.25, -0.2) is 9.97 Å². The number of hydrogen-bond donors (Lipinski definition) is 3. The molecular formula is C13H24N4O. The Kier molecular flexibility index (Phi) is 4.90. The maximum Gasteiger partial charge on any atom is 0.135 e. The first-order chi connectivity index (χ1) is 8.38. The highest BCUT2D eigenvalue weighted by Gasteiger charge is 2.18. The highest BCUT2D eigenvalue weighted by atomic mass is 16.3. The van der Waals surface area contributed by atoms with E-state index in [0.29, 0.717) is 6.42 Å². The summed E-state index contributed by atoms with van der Waals surface area (Å²) in [6, 6.07) is 1.88. The smallest absolute Gasteiger partial charge is 0.135 e. The third-order valence-corrected chi connectivity index (χ3v) is 2.72. The summed E-state index contributed by atoms with van der Waals surface area (Å²) in [5.41, 5.74) is -0.192. The molecule has 0 aliphatic carbocycles. The zero-order valence-corrected chi connectivity index (χ0v) is 11.9. The first-order valence-corrected chi connectivity index (χ1v) is 6.33. The molecule has 0 spiro atoms. The van der Waals surface area contributed by atoms with Crippen molar-refractivity contribution in [2.45, 2.75) is 45.6 Å². The van der Waals surface area contributed by atoms with E-state index < -0.39 is 0 Å².